The van der Waals surface area contributed by atoms with Crippen LogP contribution in [0.3, 0.4) is 0 Å². The molecule has 0 amide bonds. The first-order valence-electron chi connectivity index (χ1n) is 5.83. The Morgan fingerprint density at radius 1 is 1.44 bits per heavy atom. The van der Waals surface area contributed by atoms with Crippen LogP contribution in [0.15, 0.2) is 0 Å². The molecule has 0 bridgehead atoms. The Labute approximate surface area is 98.8 Å². The normalized spacial score (nSPS) is 25.0. The van der Waals surface area contributed by atoms with Crippen LogP contribution in [0.2, 0.25) is 0 Å². The Morgan fingerprint density at radius 2 is 2.06 bits per heavy atom. The zero-order valence-corrected chi connectivity index (χ0v) is 11.2. The van der Waals surface area contributed by atoms with E-state index in [4.69, 9.17) is 0 Å². The van der Waals surface area contributed by atoms with Gasteiger partial charge in [-0.05, 0) is 38.3 Å². The van der Waals surface area contributed by atoms with Crippen LogP contribution in [0.4, 0.5) is 0 Å². The summed E-state index contributed by atoms with van der Waals surface area (Å²) >= 11 is 0. The van der Waals surface area contributed by atoms with Crippen LogP contribution in [0.5, 0.6) is 0 Å². The summed E-state index contributed by atoms with van der Waals surface area (Å²) in [7, 11) is 0.218. The van der Waals surface area contributed by atoms with Gasteiger partial charge in [0.25, 0.3) is 10.2 Å². The maximum atomic E-state index is 11.8. The van der Waals surface area contributed by atoms with Crippen molar-refractivity contribution in [2.24, 2.45) is 11.8 Å². The van der Waals surface area contributed by atoms with Crippen LogP contribution < -0.4 is 10.0 Å². The molecule has 1 saturated carbocycles. The molecule has 0 aromatic carbocycles. The van der Waals surface area contributed by atoms with Crippen LogP contribution in [0, 0.1) is 11.8 Å². The van der Waals surface area contributed by atoms with E-state index in [0.717, 1.165) is 19.4 Å². The van der Waals surface area contributed by atoms with Gasteiger partial charge in [0.2, 0.25) is 0 Å². The molecular weight excluding hydrogens is 226 g/mol. The van der Waals surface area contributed by atoms with E-state index >= 15 is 0 Å². The number of rotatable bonds is 8. The summed E-state index contributed by atoms with van der Waals surface area (Å²) in [5, 5.41) is 3.00. The summed E-state index contributed by atoms with van der Waals surface area (Å²) in [4.78, 5) is 0. The lowest BCUT2D eigenvalue weighted by molar-refractivity contribution is 0.446. The molecule has 0 aromatic heterocycles. The lowest BCUT2D eigenvalue weighted by Crippen LogP contribution is -2.40. The van der Waals surface area contributed by atoms with Crippen molar-refractivity contribution in [3.63, 3.8) is 0 Å². The highest BCUT2D eigenvalue weighted by Gasteiger charge is 2.33. The second-order valence-corrected chi connectivity index (χ2v) is 6.47. The molecule has 2 unspecified atom stereocenters. The Hall–Kier alpha value is -0.170. The van der Waals surface area contributed by atoms with E-state index < -0.39 is 10.2 Å². The van der Waals surface area contributed by atoms with Crippen molar-refractivity contribution in [3.05, 3.63) is 0 Å². The van der Waals surface area contributed by atoms with Gasteiger partial charge in [0.15, 0.2) is 0 Å². The number of hydrogen-bond acceptors (Lipinski definition) is 3. The number of hydrogen-bond donors (Lipinski definition) is 2. The van der Waals surface area contributed by atoms with Crippen molar-refractivity contribution in [2.45, 2.75) is 19.8 Å². The second-order valence-electron chi connectivity index (χ2n) is 4.61. The molecule has 0 aromatic rings. The van der Waals surface area contributed by atoms with Gasteiger partial charge in [0, 0.05) is 20.1 Å². The van der Waals surface area contributed by atoms with E-state index in [2.05, 4.69) is 17.0 Å². The fourth-order valence-corrected chi connectivity index (χ4v) is 2.62. The van der Waals surface area contributed by atoms with Gasteiger partial charge in [-0.1, -0.05) is 6.92 Å². The molecule has 5 nitrogen and oxygen atoms in total. The maximum absolute atomic E-state index is 11.8. The molecule has 1 rings (SSSR count). The number of nitrogens with one attached hydrogen (secondary N) is 2. The second kappa shape index (κ2) is 5.95. The van der Waals surface area contributed by atoms with Crippen molar-refractivity contribution in [1.29, 1.82) is 0 Å². The van der Waals surface area contributed by atoms with Gasteiger partial charge in [0.05, 0.1) is 0 Å². The Balaban J connectivity index is 2.25. The third-order valence-corrected chi connectivity index (χ3v) is 4.65. The molecule has 6 heteroatoms. The molecule has 0 saturated heterocycles. The van der Waals surface area contributed by atoms with Gasteiger partial charge in [-0.3, -0.25) is 0 Å². The van der Waals surface area contributed by atoms with E-state index in [9.17, 15) is 8.42 Å². The molecule has 1 fully saturated rings. The summed E-state index contributed by atoms with van der Waals surface area (Å²) in [5.41, 5.74) is 0. The first-order chi connectivity index (χ1) is 7.47. The molecule has 0 spiro atoms. The number of nitrogens with zero attached hydrogens (tertiary/aromatic N) is 1. The zero-order valence-electron chi connectivity index (χ0n) is 10.4. The highest BCUT2D eigenvalue weighted by molar-refractivity contribution is 7.87. The molecule has 1 aliphatic rings. The zero-order chi connectivity index (χ0) is 12.2. The SMILES string of the molecule is CNCCCN(C)S(=O)(=O)NCC1CC1C. The quantitative estimate of drug-likeness (QED) is 0.596. The van der Waals surface area contributed by atoms with E-state index in [1.165, 1.54) is 4.31 Å². The third kappa shape index (κ3) is 4.37. The highest BCUT2D eigenvalue weighted by atomic mass is 32.2. The van der Waals surface area contributed by atoms with Crippen LogP contribution in [-0.2, 0) is 10.2 Å². The predicted molar refractivity (Wildman–Crippen MR) is 65.4 cm³/mol. The van der Waals surface area contributed by atoms with Gasteiger partial charge in [0.1, 0.15) is 0 Å². The van der Waals surface area contributed by atoms with Crippen molar-refractivity contribution in [1.82, 2.24) is 14.3 Å². The molecular formula is C10H23N3O2S. The van der Waals surface area contributed by atoms with E-state index in [0.29, 0.717) is 24.9 Å². The molecule has 96 valence electrons. The topological polar surface area (TPSA) is 61.4 Å². The van der Waals surface area contributed by atoms with E-state index in [1.807, 2.05) is 7.05 Å². The average Bonchev–Trinajstić information content (AvgIpc) is 2.92. The largest absolute Gasteiger partial charge is 0.320 e. The van der Waals surface area contributed by atoms with Gasteiger partial charge in [-0.25, -0.2) is 4.72 Å². The molecule has 2 atom stereocenters. The summed E-state index contributed by atoms with van der Waals surface area (Å²) in [5.74, 6) is 1.22. The van der Waals surface area contributed by atoms with Gasteiger partial charge >= 0.3 is 0 Å². The fourth-order valence-electron chi connectivity index (χ4n) is 1.60. The lowest BCUT2D eigenvalue weighted by atomic mass is 10.3. The van der Waals surface area contributed by atoms with Gasteiger partial charge in [-0.2, -0.15) is 12.7 Å². The van der Waals surface area contributed by atoms with Crippen LogP contribution >= 0.6 is 0 Å². The van der Waals surface area contributed by atoms with E-state index in [1.54, 1.807) is 7.05 Å². The average molecular weight is 249 g/mol. The first-order valence-corrected chi connectivity index (χ1v) is 7.27. The highest BCUT2D eigenvalue weighted by Crippen LogP contribution is 2.36. The minimum Gasteiger partial charge on any atom is -0.320 e. The minimum atomic E-state index is -3.26. The van der Waals surface area contributed by atoms with Crippen molar-refractivity contribution < 1.29 is 8.42 Å². The van der Waals surface area contributed by atoms with Crippen molar-refractivity contribution in [2.75, 3.05) is 33.7 Å². The summed E-state index contributed by atoms with van der Waals surface area (Å²) in [6.07, 6.45) is 1.97. The summed E-state index contributed by atoms with van der Waals surface area (Å²) in [6, 6.07) is 0. The maximum Gasteiger partial charge on any atom is 0.279 e. The van der Waals surface area contributed by atoms with Crippen LogP contribution in [0.1, 0.15) is 19.8 Å². The van der Waals surface area contributed by atoms with Gasteiger partial charge in [-0.15, -0.1) is 0 Å². The minimum absolute atomic E-state index is 0.542. The standard InChI is InChI=1S/C10H23N3O2S/c1-9-7-10(9)8-12-16(14,15)13(3)6-4-5-11-2/h9-12H,4-8H2,1-3H3. The van der Waals surface area contributed by atoms with Gasteiger partial charge < -0.3 is 5.32 Å². The van der Waals surface area contributed by atoms with Crippen LogP contribution in [0.25, 0.3) is 0 Å². The van der Waals surface area contributed by atoms with Crippen molar-refractivity contribution >= 4 is 10.2 Å². The summed E-state index contributed by atoms with van der Waals surface area (Å²) in [6.45, 7) is 4.12. The molecule has 0 aliphatic heterocycles. The fraction of sp³-hybridized carbons (Fsp3) is 1.00. The molecule has 2 N–H and O–H groups in total. The Kier molecular flexibility index (Phi) is 5.17. The Morgan fingerprint density at radius 3 is 2.56 bits per heavy atom. The predicted octanol–water partition coefficient (Wildman–Crippen LogP) is 0.0181. The monoisotopic (exact) mass is 249 g/mol. The summed E-state index contributed by atoms with van der Waals surface area (Å²) < 4.78 is 27.6. The van der Waals surface area contributed by atoms with Crippen molar-refractivity contribution in [3.8, 4) is 0 Å². The first kappa shape index (κ1) is 13.9. The lowest BCUT2D eigenvalue weighted by Gasteiger charge is -2.17. The smallest absolute Gasteiger partial charge is 0.279 e. The molecule has 0 heterocycles. The Bertz CT molecular complexity index is 305. The molecule has 16 heavy (non-hydrogen) atoms. The van der Waals surface area contributed by atoms with E-state index in [-0.39, 0.29) is 0 Å². The van der Waals surface area contributed by atoms with Crippen LogP contribution in [-0.4, -0.2) is 46.5 Å². The molecule has 1 aliphatic carbocycles. The molecule has 0 radical (unpaired) electrons. The third-order valence-electron chi connectivity index (χ3n) is 3.11.